The maximum absolute atomic E-state index is 12.2. The second-order valence-corrected chi connectivity index (χ2v) is 9.13. The fraction of sp³-hybridized carbons (Fsp3) is 0.579. The van der Waals surface area contributed by atoms with Crippen LogP contribution in [0, 0.1) is 5.92 Å². The van der Waals surface area contributed by atoms with E-state index < -0.39 is 11.7 Å². The number of carbonyl (C=O) groups is 3. The SMILES string of the molecule is CCOC(=O)C(C[Se]C(=O)CC)Cc1ccc(NC(=O)OC(C)(C)C)nc1. The monoisotopic (exact) mass is 444 g/mol. The molecular formula is C19H28N2O5Se. The zero-order valence-electron chi connectivity index (χ0n) is 16.5. The van der Waals surface area contributed by atoms with Crippen LogP contribution in [0.25, 0.3) is 0 Å². The maximum atomic E-state index is 12.2. The molecular weight excluding hydrogens is 415 g/mol. The Labute approximate surface area is 166 Å². The van der Waals surface area contributed by atoms with E-state index in [4.69, 9.17) is 9.47 Å². The summed E-state index contributed by atoms with van der Waals surface area (Å²) >= 11 is -0.238. The van der Waals surface area contributed by atoms with Crippen LogP contribution in [0.4, 0.5) is 10.6 Å². The van der Waals surface area contributed by atoms with E-state index >= 15 is 0 Å². The number of nitrogens with one attached hydrogen (secondary N) is 1. The van der Waals surface area contributed by atoms with Crippen LogP contribution in [0.3, 0.4) is 0 Å². The molecule has 8 heteroatoms. The molecule has 1 unspecified atom stereocenters. The first-order valence-electron chi connectivity index (χ1n) is 8.91. The Bertz CT molecular complexity index is 640. The standard InChI is InChI=1S/C19H28N2O5Se/c1-6-16(22)27-12-14(17(23)25-7-2)10-13-8-9-15(20-11-13)21-18(24)26-19(3,4)5/h8-9,11,14H,6-7,10,12H2,1-5H3,(H,20,21,24). The molecule has 1 aromatic heterocycles. The summed E-state index contributed by atoms with van der Waals surface area (Å²) in [6.45, 7) is 9.23. The molecule has 0 saturated carbocycles. The average Bonchev–Trinajstić information content (AvgIpc) is 2.58. The second kappa shape index (κ2) is 11.0. The average molecular weight is 443 g/mol. The fourth-order valence-electron chi connectivity index (χ4n) is 2.08. The summed E-state index contributed by atoms with van der Waals surface area (Å²) in [7, 11) is 0. The van der Waals surface area contributed by atoms with Gasteiger partial charge in [-0.15, -0.1) is 0 Å². The van der Waals surface area contributed by atoms with Gasteiger partial charge in [0.25, 0.3) is 0 Å². The van der Waals surface area contributed by atoms with E-state index in [1.807, 2.05) is 6.92 Å². The van der Waals surface area contributed by atoms with Gasteiger partial charge in [-0.2, -0.15) is 0 Å². The topological polar surface area (TPSA) is 94.6 Å². The molecule has 1 heterocycles. The van der Waals surface area contributed by atoms with Crippen molar-refractivity contribution in [2.45, 2.75) is 58.4 Å². The Morgan fingerprint density at radius 3 is 2.44 bits per heavy atom. The quantitative estimate of drug-likeness (QED) is 0.465. The zero-order valence-corrected chi connectivity index (χ0v) is 18.2. The van der Waals surface area contributed by atoms with Gasteiger partial charge in [0.15, 0.2) is 0 Å². The van der Waals surface area contributed by atoms with E-state index in [0.717, 1.165) is 5.56 Å². The Morgan fingerprint density at radius 2 is 1.93 bits per heavy atom. The van der Waals surface area contributed by atoms with Crippen molar-refractivity contribution in [2.75, 3.05) is 11.9 Å². The molecule has 0 aliphatic heterocycles. The molecule has 27 heavy (non-hydrogen) atoms. The van der Waals surface area contributed by atoms with Crippen LogP contribution in [0.15, 0.2) is 18.3 Å². The molecule has 0 bridgehead atoms. The van der Waals surface area contributed by atoms with Crippen molar-refractivity contribution in [1.29, 1.82) is 0 Å². The van der Waals surface area contributed by atoms with Gasteiger partial charge in [-0.05, 0) is 0 Å². The van der Waals surface area contributed by atoms with Gasteiger partial charge in [-0.25, -0.2) is 0 Å². The first kappa shape index (κ1) is 23.1. The van der Waals surface area contributed by atoms with Crippen molar-refractivity contribution in [1.82, 2.24) is 4.98 Å². The predicted molar refractivity (Wildman–Crippen MR) is 104 cm³/mol. The van der Waals surface area contributed by atoms with Gasteiger partial charge >= 0.3 is 166 Å². The second-order valence-electron chi connectivity index (χ2n) is 6.87. The zero-order chi connectivity index (χ0) is 20.4. The minimum atomic E-state index is -0.589. The van der Waals surface area contributed by atoms with Crippen LogP contribution in [0.2, 0.25) is 5.32 Å². The Morgan fingerprint density at radius 1 is 1.22 bits per heavy atom. The van der Waals surface area contributed by atoms with Gasteiger partial charge in [0.05, 0.1) is 0 Å². The number of anilines is 1. The molecule has 0 saturated heterocycles. The van der Waals surface area contributed by atoms with Gasteiger partial charge in [0.1, 0.15) is 0 Å². The fourth-order valence-corrected chi connectivity index (χ4v) is 3.85. The summed E-state index contributed by atoms with van der Waals surface area (Å²) in [4.78, 5) is 39.7. The first-order chi connectivity index (χ1) is 12.6. The molecule has 150 valence electrons. The molecule has 0 radical (unpaired) electrons. The number of ether oxygens (including phenoxy) is 2. The number of rotatable bonds is 9. The van der Waals surface area contributed by atoms with Crippen LogP contribution in [-0.4, -0.2) is 48.9 Å². The van der Waals surface area contributed by atoms with E-state index in [1.165, 1.54) is 0 Å². The molecule has 0 aromatic carbocycles. The molecule has 1 aromatic rings. The number of pyridine rings is 1. The summed E-state index contributed by atoms with van der Waals surface area (Å²) in [5.74, 6) is -0.294. The van der Waals surface area contributed by atoms with Gasteiger partial charge in [-0.3, -0.25) is 0 Å². The van der Waals surface area contributed by atoms with E-state index in [1.54, 1.807) is 46.0 Å². The van der Waals surface area contributed by atoms with Crippen LogP contribution >= 0.6 is 0 Å². The van der Waals surface area contributed by atoms with E-state index in [9.17, 15) is 14.4 Å². The van der Waals surface area contributed by atoms with Gasteiger partial charge in [0, 0.05) is 0 Å². The molecule has 0 fully saturated rings. The molecule has 7 nitrogen and oxygen atoms in total. The Balaban J connectivity index is 2.71. The van der Waals surface area contributed by atoms with E-state index in [0.29, 0.717) is 30.6 Å². The third-order valence-corrected chi connectivity index (χ3v) is 5.77. The number of nitrogens with zero attached hydrogens (tertiary/aromatic N) is 1. The van der Waals surface area contributed by atoms with Gasteiger partial charge in [-0.1, -0.05) is 0 Å². The van der Waals surface area contributed by atoms with Crippen molar-refractivity contribution >= 4 is 37.5 Å². The molecule has 0 spiro atoms. The number of hydrogen-bond donors (Lipinski definition) is 1. The number of esters is 1. The first-order valence-corrected chi connectivity index (χ1v) is 11.0. The molecule has 1 rings (SSSR count). The van der Waals surface area contributed by atoms with Crippen LogP contribution < -0.4 is 5.32 Å². The van der Waals surface area contributed by atoms with Gasteiger partial charge < -0.3 is 0 Å². The Kier molecular flexibility index (Phi) is 9.46. The van der Waals surface area contributed by atoms with Crippen molar-refractivity contribution in [3.8, 4) is 0 Å². The van der Waals surface area contributed by atoms with Crippen molar-refractivity contribution in [3.05, 3.63) is 23.9 Å². The van der Waals surface area contributed by atoms with Crippen LogP contribution in [0.1, 0.15) is 46.6 Å². The molecule has 1 N–H and O–H groups in total. The number of hydrogen-bond acceptors (Lipinski definition) is 6. The number of amides is 1. The number of aromatic nitrogens is 1. The van der Waals surface area contributed by atoms with E-state index in [2.05, 4.69) is 10.3 Å². The normalized spacial score (nSPS) is 12.2. The van der Waals surface area contributed by atoms with E-state index in [-0.39, 0.29) is 31.5 Å². The summed E-state index contributed by atoms with van der Waals surface area (Å²) in [5, 5.41) is 3.07. The third-order valence-electron chi connectivity index (χ3n) is 3.29. The molecule has 1 atom stereocenters. The molecule has 0 aliphatic rings. The summed E-state index contributed by atoms with van der Waals surface area (Å²) in [6, 6.07) is 3.45. The number of carbonyl (C=O) groups excluding carboxylic acids is 3. The van der Waals surface area contributed by atoms with Crippen LogP contribution in [-0.2, 0) is 25.5 Å². The van der Waals surface area contributed by atoms with Gasteiger partial charge in [0.2, 0.25) is 0 Å². The van der Waals surface area contributed by atoms with Crippen molar-refractivity contribution in [2.24, 2.45) is 5.92 Å². The van der Waals surface area contributed by atoms with Crippen molar-refractivity contribution in [3.63, 3.8) is 0 Å². The van der Waals surface area contributed by atoms with Crippen LogP contribution in [0.5, 0.6) is 0 Å². The summed E-state index contributed by atoms with van der Waals surface area (Å²) in [5.41, 5.74) is 0.247. The minimum absolute atomic E-state index is 0.187. The predicted octanol–water partition coefficient (Wildman–Crippen LogP) is 3.21. The van der Waals surface area contributed by atoms with Crippen molar-refractivity contribution < 1.29 is 23.9 Å². The summed E-state index contributed by atoms with van der Waals surface area (Å²) < 4.78 is 10.5. The third kappa shape index (κ3) is 9.54. The molecule has 1 amide bonds. The Hall–Kier alpha value is -1.92. The molecule has 0 aliphatic carbocycles. The summed E-state index contributed by atoms with van der Waals surface area (Å²) in [6.07, 6.45) is 1.96.